The van der Waals surface area contributed by atoms with E-state index in [0.29, 0.717) is 12.6 Å². The summed E-state index contributed by atoms with van der Waals surface area (Å²) in [5.74, 6) is 0.672. The molecule has 3 fully saturated rings. The van der Waals surface area contributed by atoms with E-state index in [1.165, 1.54) is 20.9 Å². The number of amides is 3. The normalized spacial score (nSPS) is 33.4. The van der Waals surface area contributed by atoms with Crippen LogP contribution < -0.4 is 15.1 Å². The van der Waals surface area contributed by atoms with Gasteiger partial charge in [0.1, 0.15) is 38.3 Å². The van der Waals surface area contributed by atoms with Gasteiger partial charge in [-0.1, -0.05) is 31.2 Å². The molecule has 0 atom stereocenters. The molecule has 6 heteroatoms. The second-order valence-corrected chi connectivity index (χ2v) is 9.19. The first-order valence-corrected chi connectivity index (χ1v) is 10.8. The van der Waals surface area contributed by atoms with Crippen LogP contribution in [-0.2, 0) is 11.3 Å². The quantitative estimate of drug-likeness (QED) is 0.625. The Morgan fingerprint density at radius 3 is 2.39 bits per heavy atom. The summed E-state index contributed by atoms with van der Waals surface area (Å²) < 4.78 is 0. The van der Waals surface area contributed by atoms with Gasteiger partial charge in [0, 0.05) is 5.56 Å². The molecule has 0 radical (unpaired) electrons. The number of hydrogen-bond donors (Lipinski definition) is 3. The summed E-state index contributed by atoms with van der Waals surface area (Å²) in [6.07, 6.45) is 3.62. The van der Waals surface area contributed by atoms with Gasteiger partial charge in [0.25, 0.3) is 5.91 Å². The zero-order chi connectivity index (χ0) is 19.7. The van der Waals surface area contributed by atoms with Gasteiger partial charge in [-0.05, 0) is 44.1 Å². The number of carbonyl (C=O) groups is 2. The van der Waals surface area contributed by atoms with Gasteiger partial charge in [0.15, 0.2) is 6.67 Å². The Hall–Kier alpha value is -1.92. The van der Waals surface area contributed by atoms with E-state index < -0.39 is 5.54 Å². The third kappa shape index (κ3) is 3.80. The Morgan fingerprint density at radius 2 is 1.71 bits per heavy atom. The molecule has 4 rings (SSSR count). The second kappa shape index (κ2) is 7.84. The fourth-order valence-electron chi connectivity index (χ4n) is 5.01. The topological polar surface area (TPSA) is 58.3 Å². The molecule has 3 aliphatic rings. The number of piperazine rings is 1. The molecule has 1 spiro atoms. The monoisotopic (exact) mass is 386 g/mol. The van der Waals surface area contributed by atoms with Crippen molar-refractivity contribution in [1.29, 1.82) is 0 Å². The predicted molar refractivity (Wildman–Crippen MR) is 107 cm³/mol. The highest BCUT2D eigenvalue weighted by Crippen LogP contribution is 2.35. The first kappa shape index (κ1) is 19.4. The summed E-state index contributed by atoms with van der Waals surface area (Å²) in [7, 11) is 0. The van der Waals surface area contributed by atoms with Crippen molar-refractivity contribution in [2.24, 2.45) is 5.92 Å². The fourth-order valence-corrected chi connectivity index (χ4v) is 5.01. The lowest BCUT2D eigenvalue weighted by Gasteiger charge is -2.34. The maximum Gasteiger partial charge on any atom is 0.329 e. The van der Waals surface area contributed by atoms with Gasteiger partial charge in [0.2, 0.25) is 0 Å². The lowest BCUT2D eigenvalue weighted by atomic mass is 9.77. The number of quaternary nitrogens is 2. The van der Waals surface area contributed by atoms with Crippen LogP contribution in [0.4, 0.5) is 4.79 Å². The van der Waals surface area contributed by atoms with Gasteiger partial charge in [-0.25, -0.2) is 9.69 Å². The molecular formula is C22H34N4O2+2. The van der Waals surface area contributed by atoms with Crippen molar-refractivity contribution < 1.29 is 19.4 Å². The van der Waals surface area contributed by atoms with Gasteiger partial charge in [0.05, 0.1) is 0 Å². The number of imide groups is 1. The molecule has 1 saturated carbocycles. The molecule has 2 heterocycles. The van der Waals surface area contributed by atoms with Crippen molar-refractivity contribution in [3.8, 4) is 0 Å². The molecule has 3 amide bonds. The van der Waals surface area contributed by atoms with Crippen LogP contribution in [0.3, 0.4) is 0 Å². The van der Waals surface area contributed by atoms with Gasteiger partial charge in [-0.15, -0.1) is 0 Å². The number of urea groups is 1. The Labute approximate surface area is 167 Å². The van der Waals surface area contributed by atoms with Crippen LogP contribution in [-0.4, -0.2) is 55.2 Å². The zero-order valence-corrected chi connectivity index (χ0v) is 17.2. The number of rotatable bonds is 4. The molecule has 2 saturated heterocycles. The summed E-state index contributed by atoms with van der Waals surface area (Å²) in [4.78, 5) is 30.0. The lowest BCUT2D eigenvalue weighted by molar-refractivity contribution is -1.02. The summed E-state index contributed by atoms with van der Waals surface area (Å²) >= 11 is 0. The van der Waals surface area contributed by atoms with E-state index in [0.717, 1.165) is 58.4 Å². The molecule has 1 aromatic carbocycles. The number of hydrogen-bond acceptors (Lipinski definition) is 2. The minimum Gasteiger partial charge on any atom is -0.323 e. The van der Waals surface area contributed by atoms with Crippen LogP contribution in [0.2, 0.25) is 0 Å². The number of aryl methyl sites for hydroxylation is 1. The molecular weight excluding hydrogens is 352 g/mol. The third-order valence-electron chi connectivity index (χ3n) is 7.12. The maximum absolute atomic E-state index is 13.0. The Balaban J connectivity index is 1.31. The average molecular weight is 387 g/mol. The third-order valence-corrected chi connectivity index (χ3v) is 7.12. The van der Waals surface area contributed by atoms with Crippen LogP contribution in [0.1, 0.15) is 43.7 Å². The molecule has 6 nitrogen and oxygen atoms in total. The molecule has 0 aromatic heterocycles. The molecule has 1 aliphatic carbocycles. The number of benzene rings is 1. The molecule has 2 aliphatic heterocycles. The minimum absolute atomic E-state index is 0.0200. The van der Waals surface area contributed by atoms with Crippen molar-refractivity contribution in [2.45, 2.75) is 51.6 Å². The van der Waals surface area contributed by atoms with Crippen LogP contribution >= 0.6 is 0 Å². The van der Waals surface area contributed by atoms with Crippen LogP contribution in [0.5, 0.6) is 0 Å². The van der Waals surface area contributed by atoms with Crippen LogP contribution in [0.15, 0.2) is 24.3 Å². The molecule has 28 heavy (non-hydrogen) atoms. The van der Waals surface area contributed by atoms with Gasteiger partial charge in [-0.2, -0.15) is 0 Å². The second-order valence-electron chi connectivity index (χ2n) is 9.19. The first-order valence-electron chi connectivity index (χ1n) is 10.8. The molecule has 0 bridgehead atoms. The lowest BCUT2D eigenvalue weighted by Crippen LogP contribution is -3.28. The van der Waals surface area contributed by atoms with E-state index in [1.54, 1.807) is 4.90 Å². The molecule has 3 N–H and O–H groups in total. The predicted octanol–water partition coefficient (Wildman–Crippen LogP) is -0.263. The summed E-state index contributed by atoms with van der Waals surface area (Å²) in [5, 5.41) is 3.05. The van der Waals surface area contributed by atoms with E-state index in [9.17, 15) is 9.59 Å². The standard InChI is InChI=1S/C22H32N4O2/c1-17-7-9-22(10-8-17)20(27)26(21(28)23-22)16-25-13-11-24(12-14-25)15-19-6-4-3-5-18(19)2/h3-6,17H,7-16H2,1-2H3,(H,23,28)/p+2. The largest absolute Gasteiger partial charge is 0.329 e. The van der Waals surface area contributed by atoms with Crippen molar-refractivity contribution in [3.05, 3.63) is 35.4 Å². The van der Waals surface area contributed by atoms with Gasteiger partial charge < -0.3 is 15.1 Å². The highest BCUT2D eigenvalue weighted by molar-refractivity contribution is 6.06. The Bertz CT molecular complexity index is 734. The van der Waals surface area contributed by atoms with Crippen molar-refractivity contribution >= 4 is 11.9 Å². The van der Waals surface area contributed by atoms with E-state index in [2.05, 4.69) is 43.4 Å². The van der Waals surface area contributed by atoms with Crippen LogP contribution in [0, 0.1) is 12.8 Å². The Morgan fingerprint density at radius 1 is 1.07 bits per heavy atom. The van der Waals surface area contributed by atoms with Crippen LogP contribution in [0.25, 0.3) is 0 Å². The van der Waals surface area contributed by atoms with Gasteiger partial charge >= 0.3 is 6.03 Å². The van der Waals surface area contributed by atoms with Crippen molar-refractivity contribution in [3.63, 3.8) is 0 Å². The number of nitrogens with one attached hydrogen (secondary N) is 3. The van der Waals surface area contributed by atoms with E-state index in [-0.39, 0.29) is 11.9 Å². The fraction of sp³-hybridized carbons (Fsp3) is 0.636. The van der Waals surface area contributed by atoms with Gasteiger partial charge in [-0.3, -0.25) is 4.79 Å². The highest BCUT2D eigenvalue weighted by atomic mass is 16.2. The Kier molecular flexibility index (Phi) is 5.43. The van der Waals surface area contributed by atoms with Crippen molar-refractivity contribution in [1.82, 2.24) is 10.2 Å². The molecule has 0 unspecified atom stereocenters. The minimum atomic E-state index is -0.610. The first-order chi connectivity index (χ1) is 13.5. The number of carbonyl (C=O) groups excluding carboxylic acids is 2. The average Bonchev–Trinajstić information content (AvgIpc) is 2.92. The maximum atomic E-state index is 13.0. The summed E-state index contributed by atoms with van der Waals surface area (Å²) in [6.45, 7) is 10.1. The SMILES string of the molecule is Cc1ccccc1C[NH+]1CC[NH+](CN2C(=O)NC3(CCC(C)CC3)C2=O)CC1. The van der Waals surface area contributed by atoms with E-state index in [1.807, 2.05) is 0 Å². The molecule has 1 aromatic rings. The molecule has 152 valence electrons. The van der Waals surface area contributed by atoms with E-state index in [4.69, 9.17) is 0 Å². The summed E-state index contributed by atoms with van der Waals surface area (Å²) in [5.41, 5.74) is 2.17. The van der Waals surface area contributed by atoms with Crippen molar-refractivity contribution in [2.75, 3.05) is 32.8 Å². The van der Waals surface area contributed by atoms with E-state index >= 15 is 0 Å². The smallest absolute Gasteiger partial charge is 0.323 e. The summed E-state index contributed by atoms with van der Waals surface area (Å²) in [6, 6.07) is 8.42. The zero-order valence-electron chi connectivity index (χ0n) is 17.2. The highest BCUT2D eigenvalue weighted by Gasteiger charge is 2.53. The number of nitrogens with zero attached hydrogens (tertiary/aromatic N) is 1.